The van der Waals surface area contributed by atoms with Crippen molar-refractivity contribution in [1.29, 1.82) is 0 Å². The van der Waals surface area contributed by atoms with Crippen LogP contribution in [-0.2, 0) is 17.8 Å². The topological polar surface area (TPSA) is 65.3 Å². The lowest BCUT2D eigenvalue weighted by Gasteiger charge is -2.07. The van der Waals surface area contributed by atoms with E-state index < -0.39 is 6.09 Å². The van der Waals surface area contributed by atoms with Crippen LogP contribution in [0.15, 0.2) is 17.2 Å². The lowest BCUT2D eigenvalue weighted by molar-refractivity contribution is 0.130. The highest BCUT2D eigenvalue weighted by atomic mass is 16.6. The Morgan fingerprint density at radius 2 is 2.19 bits per heavy atom. The predicted molar refractivity (Wildman–Crippen MR) is 57.3 cm³/mol. The van der Waals surface area contributed by atoms with E-state index in [9.17, 15) is 9.59 Å². The number of hydrogen-bond acceptors (Lipinski definition) is 3. The van der Waals surface area contributed by atoms with Gasteiger partial charge >= 0.3 is 11.8 Å². The van der Waals surface area contributed by atoms with Gasteiger partial charge in [-0.3, -0.25) is 9.13 Å². The first-order valence-electron chi connectivity index (χ1n) is 5.40. The van der Waals surface area contributed by atoms with Crippen LogP contribution in [-0.4, -0.2) is 27.9 Å². The first-order chi connectivity index (χ1) is 7.70. The number of amides is 1. The number of rotatable bonds is 4. The van der Waals surface area contributed by atoms with Crippen molar-refractivity contribution >= 4 is 6.09 Å². The number of carbonyl (C=O) groups is 1. The third-order valence-corrected chi connectivity index (χ3v) is 2.53. The Balaban J connectivity index is 2.04. The first kappa shape index (κ1) is 10.8. The van der Waals surface area contributed by atoms with Gasteiger partial charge < -0.3 is 10.1 Å². The van der Waals surface area contributed by atoms with Crippen LogP contribution in [0.3, 0.4) is 0 Å². The number of aromatic nitrogens is 2. The molecule has 0 aromatic carbocycles. The van der Waals surface area contributed by atoms with Gasteiger partial charge in [0.15, 0.2) is 0 Å². The Bertz CT molecular complexity index is 435. The van der Waals surface area contributed by atoms with Gasteiger partial charge in [0, 0.05) is 18.9 Å². The summed E-state index contributed by atoms with van der Waals surface area (Å²) in [6.45, 7) is 3.61. The molecule has 0 bridgehead atoms. The number of cyclic esters (lactones) is 1. The van der Waals surface area contributed by atoms with Crippen molar-refractivity contribution in [2.24, 2.45) is 0 Å². The Morgan fingerprint density at radius 3 is 2.81 bits per heavy atom. The van der Waals surface area contributed by atoms with Gasteiger partial charge in [-0.2, -0.15) is 0 Å². The third-order valence-electron chi connectivity index (χ3n) is 2.53. The highest BCUT2D eigenvalue weighted by Gasteiger charge is 2.23. The van der Waals surface area contributed by atoms with Crippen LogP contribution in [0.25, 0.3) is 0 Å². The van der Waals surface area contributed by atoms with Gasteiger partial charge in [0.2, 0.25) is 0 Å². The van der Waals surface area contributed by atoms with Gasteiger partial charge in [-0.1, -0.05) is 6.92 Å². The molecule has 88 valence electrons. The number of imidazole rings is 1. The highest BCUT2D eigenvalue weighted by Crippen LogP contribution is 2.02. The molecule has 1 aromatic heterocycles. The highest BCUT2D eigenvalue weighted by molar-refractivity contribution is 5.69. The Hall–Kier alpha value is -1.72. The minimum atomic E-state index is -0.411. The molecule has 1 aliphatic heterocycles. The van der Waals surface area contributed by atoms with Crippen LogP contribution in [0, 0.1) is 0 Å². The zero-order valence-corrected chi connectivity index (χ0v) is 9.18. The van der Waals surface area contributed by atoms with Gasteiger partial charge in [-0.15, -0.1) is 0 Å². The Morgan fingerprint density at radius 1 is 1.44 bits per heavy atom. The molecule has 2 heterocycles. The van der Waals surface area contributed by atoms with E-state index in [0.717, 1.165) is 6.42 Å². The normalized spacial score (nSPS) is 19.6. The van der Waals surface area contributed by atoms with E-state index in [1.807, 2.05) is 6.92 Å². The average Bonchev–Trinajstić information content (AvgIpc) is 2.80. The molecular weight excluding hydrogens is 210 g/mol. The van der Waals surface area contributed by atoms with Crippen LogP contribution < -0.4 is 11.0 Å². The molecule has 1 aliphatic rings. The van der Waals surface area contributed by atoms with Gasteiger partial charge in [-0.25, -0.2) is 9.59 Å². The molecule has 1 saturated heterocycles. The largest absolute Gasteiger partial charge is 0.442 e. The monoisotopic (exact) mass is 225 g/mol. The maximum absolute atomic E-state index is 11.8. The number of nitrogens with zero attached hydrogens (tertiary/aromatic N) is 2. The zero-order chi connectivity index (χ0) is 11.5. The molecule has 1 unspecified atom stereocenters. The van der Waals surface area contributed by atoms with Crippen molar-refractivity contribution in [3.05, 3.63) is 22.9 Å². The molecule has 1 aromatic rings. The fourth-order valence-electron chi connectivity index (χ4n) is 1.76. The molecule has 2 rings (SSSR count). The summed E-state index contributed by atoms with van der Waals surface area (Å²) in [4.78, 5) is 22.6. The summed E-state index contributed by atoms with van der Waals surface area (Å²) in [7, 11) is 0. The van der Waals surface area contributed by atoms with E-state index in [-0.39, 0.29) is 11.8 Å². The fourth-order valence-corrected chi connectivity index (χ4v) is 1.76. The summed E-state index contributed by atoms with van der Waals surface area (Å²) in [6.07, 6.45) is 3.75. The molecule has 0 spiro atoms. The fraction of sp³-hybridized carbons (Fsp3) is 0.600. The summed E-state index contributed by atoms with van der Waals surface area (Å²) in [5, 5.41) is 2.56. The standard InChI is InChI=1S/C10H15N3O3/c1-2-3-12-4-5-13(10(12)15)7-8-6-11-9(14)16-8/h4-5,8H,2-3,6-7H2,1H3,(H,11,14). The number of alkyl carbamates (subject to hydrolysis) is 1. The molecule has 0 radical (unpaired) electrons. The van der Waals surface area contributed by atoms with Crippen molar-refractivity contribution in [3.8, 4) is 0 Å². The molecular formula is C10H15N3O3. The maximum Gasteiger partial charge on any atom is 0.407 e. The smallest absolute Gasteiger partial charge is 0.407 e. The van der Waals surface area contributed by atoms with E-state index in [0.29, 0.717) is 19.6 Å². The van der Waals surface area contributed by atoms with E-state index in [1.165, 1.54) is 0 Å². The van der Waals surface area contributed by atoms with Crippen LogP contribution in [0.5, 0.6) is 0 Å². The molecule has 6 nitrogen and oxygen atoms in total. The average molecular weight is 225 g/mol. The van der Waals surface area contributed by atoms with E-state index in [4.69, 9.17) is 4.74 Å². The second-order valence-electron chi connectivity index (χ2n) is 3.83. The maximum atomic E-state index is 11.8. The van der Waals surface area contributed by atoms with Gasteiger partial charge in [-0.05, 0) is 6.42 Å². The van der Waals surface area contributed by atoms with Crippen LogP contribution in [0.2, 0.25) is 0 Å². The lowest BCUT2D eigenvalue weighted by atomic mass is 10.3. The van der Waals surface area contributed by atoms with Gasteiger partial charge in [0.1, 0.15) is 6.10 Å². The summed E-state index contributed by atoms with van der Waals surface area (Å²) in [5.41, 5.74) is -0.0511. The van der Waals surface area contributed by atoms with Crippen molar-refractivity contribution in [1.82, 2.24) is 14.5 Å². The number of hydrogen-bond donors (Lipinski definition) is 1. The van der Waals surface area contributed by atoms with E-state index in [2.05, 4.69) is 5.32 Å². The second-order valence-corrected chi connectivity index (χ2v) is 3.83. The Labute approximate surface area is 92.8 Å². The van der Waals surface area contributed by atoms with Gasteiger partial charge in [0.05, 0.1) is 13.1 Å². The van der Waals surface area contributed by atoms with Crippen molar-refractivity contribution < 1.29 is 9.53 Å². The summed E-state index contributed by atoms with van der Waals surface area (Å²) < 4.78 is 8.20. The molecule has 6 heteroatoms. The lowest BCUT2D eigenvalue weighted by Crippen LogP contribution is -2.29. The molecule has 16 heavy (non-hydrogen) atoms. The second kappa shape index (κ2) is 4.42. The van der Waals surface area contributed by atoms with Crippen molar-refractivity contribution in [2.75, 3.05) is 6.54 Å². The first-order valence-corrected chi connectivity index (χ1v) is 5.40. The molecule has 1 atom stereocenters. The SMILES string of the molecule is CCCn1ccn(CC2CNC(=O)O2)c1=O. The number of ether oxygens (including phenoxy) is 1. The van der Waals surface area contributed by atoms with Crippen molar-refractivity contribution in [3.63, 3.8) is 0 Å². The van der Waals surface area contributed by atoms with Gasteiger partial charge in [0.25, 0.3) is 0 Å². The van der Waals surface area contributed by atoms with E-state index >= 15 is 0 Å². The molecule has 1 N–H and O–H groups in total. The molecule has 1 amide bonds. The van der Waals surface area contributed by atoms with Crippen LogP contribution >= 0.6 is 0 Å². The summed E-state index contributed by atoms with van der Waals surface area (Å²) in [5.74, 6) is 0. The minimum Gasteiger partial charge on any atom is -0.442 e. The minimum absolute atomic E-state index is 0.0511. The summed E-state index contributed by atoms with van der Waals surface area (Å²) in [6, 6.07) is 0. The quantitative estimate of drug-likeness (QED) is 0.794. The number of nitrogens with one attached hydrogen (secondary N) is 1. The molecule has 0 aliphatic carbocycles. The molecule has 1 fully saturated rings. The van der Waals surface area contributed by atoms with Crippen molar-refractivity contribution in [2.45, 2.75) is 32.5 Å². The van der Waals surface area contributed by atoms with Crippen LogP contribution in [0.1, 0.15) is 13.3 Å². The third kappa shape index (κ3) is 2.10. The molecule has 0 saturated carbocycles. The Kier molecular flexibility index (Phi) is 2.98. The zero-order valence-electron chi connectivity index (χ0n) is 9.18. The summed E-state index contributed by atoms with van der Waals surface area (Å²) >= 11 is 0. The predicted octanol–water partition coefficient (Wildman–Crippen LogP) is 0.168. The van der Waals surface area contributed by atoms with E-state index in [1.54, 1.807) is 21.5 Å². The number of carbonyl (C=O) groups excluding carboxylic acids is 1. The van der Waals surface area contributed by atoms with Crippen LogP contribution in [0.4, 0.5) is 4.79 Å². The number of aryl methyl sites for hydroxylation is 1.